The van der Waals surface area contributed by atoms with Gasteiger partial charge in [0.1, 0.15) is 11.6 Å². The molecule has 1 heterocycles. The zero-order valence-electron chi connectivity index (χ0n) is 15.4. The van der Waals surface area contributed by atoms with Gasteiger partial charge in [0.05, 0.1) is 11.6 Å². The van der Waals surface area contributed by atoms with Crippen molar-refractivity contribution in [2.24, 2.45) is 0 Å². The second kappa shape index (κ2) is 10.4. The molecule has 4 nitrogen and oxygen atoms in total. The monoisotopic (exact) mass is 455 g/mol. The van der Waals surface area contributed by atoms with Gasteiger partial charge in [-0.1, -0.05) is 58.7 Å². The van der Waals surface area contributed by atoms with E-state index in [9.17, 15) is 0 Å². The summed E-state index contributed by atoms with van der Waals surface area (Å²) in [4.78, 5) is 0. The van der Waals surface area contributed by atoms with Gasteiger partial charge in [-0.05, 0) is 49.2 Å². The first-order valence-electron chi connectivity index (χ1n) is 8.94. The van der Waals surface area contributed by atoms with Crippen molar-refractivity contribution in [3.05, 3.63) is 68.9 Å². The van der Waals surface area contributed by atoms with E-state index in [2.05, 4.69) is 21.7 Å². The molecule has 1 aromatic heterocycles. The molecule has 0 atom stereocenters. The summed E-state index contributed by atoms with van der Waals surface area (Å²) in [5.74, 6) is 2.43. The average Bonchev–Trinajstić information content (AvgIpc) is 3.08. The molecule has 0 radical (unpaired) electrons. The molecule has 3 aromatic rings. The first-order valence-corrected chi connectivity index (χ1v) is 11.1. The smallest absolute Gasteiger partial charge is 0.191 e. The van der Waals surface area contributed by atoms with Crippen molar-refractivity contribution < 1.29 is 4.74 Å². The predicted molar refractivity (Wildman–Crippen MR) is 117 cm³/mol. The fourth-order valence-corrected chi connectivity index (χ4v) is 4.23. The lowest BCUT2D eigenvalue weighted by Crippen LogP contribution is -2.06. The minimum Gasteiger partial charge on any atom is -0.492 e. The Bertz CT molecular complexity index is 916. The number of aromatic nitrogens is 3. The number of nitrogens with zero attached hydrogens (tertiary/aromatic N) is 3. The highest BCUT2D eigenvalue weighted by Gasteiger charge is 2.12. The van der Waals surface area contributed by atoms with E-state index in [1.54, 1.807) is 30.0 Å². The van der Waals surface area contributed by atoms with E-state index < -0.39 is 0 Å². The molecule has 28 heavy (non-hydrogen) atoms. The van der Waals surface area contributed by atoms with Gasteiger partial charge in [-0.25, -0.2) is 0 Å². The molecule has 148 valence electrons. The average molecular weight is 457 g/mol. The van der Waals surface area contributed by atoms with Crippen LogP contribution in [0.5, 0.6) is 5.75 Å². The number of halogens is 3. The summed E-state index contributed by atoms with van der Waals surface area (Å²) < 4.78 is 7.89. The molecule has 0 aliphatic carbocycles. The van der Waals surface area contributed by atoms with Crippen LogP contribution in [-0.4, -0.2) is 21.4 Å². The molecule has 0 N–H and O–H groups in total. The Labute approximate surface area is 184 Å². The summed E-state index contributed by atoms with van der Waals surface area (Å²) >= 11 is 19.6. The lowest BCUT2D eigenvalue weighted by Gasteiger charge is -2.09. The second-order valence-corrected chi connectivity index (χ2v) is 8.31. The lowest BCUT2D eigenvalue weighted by atomic mass is 10.2. The summed E-state index contributed by atoms with van der Waals surface area (Å²) in [5, 5.41) is 11.5. The van der Waals surface area contributed by atoms with E-state index in [1.165, 1.54) is 5.56 Å². The van der Waals surface area contributed by atoms with Crippen molar-refractivity contribution in [1.82, 2.24) is 14.8 Å². The molecule has 0 fully saturated rings. The summed E-state index contributed by atoms with van der Waals surface area (Å²) in [6.07, 6.45) is 1.60. The first kappa shape index (κ1) is 21.3. The highest BCUT2D eigenvalue weighted by Crippen LogP contribution is 2.28. The van der Waals surface area contributed by atoms with Gasteiger partial charge in [-0.3, -0.25) is 0 Å². The van der Waals surface area contributed by atoms with Crippen LogP contribution in [-0.2, 0) is 18.7 Å². The quantitative estimate of drug-likeness (QED) is 0.270. The van der Waals surface area contributed by atoms with Crippen LogP contribution >= 0.6 is 46.6 Å². The molecular weight excluding hydrogens is 437 g/mol. The highest BCUT2D eigenvalue weighted by molar-refractivity contribution is 7.98. The van der Waals surface area contributed by atoms with Crippen LogP contribution in [0, 0.1) is 0 Å². The number of rotatable bonds is 9. The number of thioether (sulfide) groups is 1. The second-order valence-electron chi connectivity index (χ2n) is 6.08. The highest BCUT2D eigenvalue weighted by atomic mass is 35.5. The third-order valence-electron chi connectivity index (χ3n) is 4.09. The normalized spacial score (nSPS) is 11.0. The fourth-order valence-electron chi connectivity index (χ4n) is 2.66. The van der Waals surface area contributed by atoms with Crippen molar-refractivity contribution in [2.45, 2.75) is 37.2 Å². The van der Waals surface area contributed by atoms with E-state index in [4.69, 9.17) is 39.5 Å². The minimum atomic E-state index is 0.519. The maximum Gasteiger partial charge on any atom is 0.191 e. The molecule has 0 bridgehead atoms. The Morgan fingerprint density at radius 2 is 1.75 bits per heavy atom. The van der Waals surface area contributed by atoms with Gasteiger partial charge < -0.3 is 9.30 Å². The summed E-state index contributed by atoms with van der Waals surface area (Å²) in [6, 6.07) is 13.1. The van der Waals surface area contributed by atoms with Crippen LogP contribution in [0.1, 0.15) is 24.7 Å². The minimum absolute atomic E-state index is 0.519. The number of aryl methyl sites for hydroxylation is 1. The molecule has 0 aliphatic rings. The van der Waals surface area contributed by atoms with E-state index in [-0.39, 0.29) is 0 Å². The zero-order valence-corrected chi connectivity index (χ0v) is 18.5. The molecular formula is C20H20Cl3N3OS. The van der Waals surface area contributed by atoms with Crippen molar-refractivity contribution in [2.75, 3.05) is 6.61 Å². The Balaban J connectivity index is 1.52. The van der Waals surface area contributed by atoms with Gasteiger partial charge >= 0.3 is 0 Å². The molecule has 8 heteroatoms. The SMILES string of the molecule is CCn1c(CCCOc2ccc(Cl)cc2Cl)nnc1SCc1ccc(Cl)cc1. The number of benzene rings is 2. The number of hydrogen-bond donors (Lipinski definition) is 0. The maximum absolute atomic E-state index is 6.12. The third kappa shape index (κ3) is 5.80. The number of hydrogen-bond acceptors (Lipinski definition) is 4. The Hall–Kier alpha value is -1.40. The molecule has 0 unspecified atom stereocenters. The largest absolute Gasteiger partial charge is 0.492 e. The standard InChI is InChI=1S/C20H20Cl3N3OS/c1-2-26-19(4-3-11-27-18-10-9-16(22)12-17(18)23)24-25-20(26)28-13-14-5-7-15(21)8-6-14/h5-10,12H,2-4,11,13H2,1H3. The third-order valence-corrected chi connectivity index (χ3v) is 5.91. The summed E-state index contributed by atoms with van der Waals surface area (Å²) in [6.45, 7) is 3.48. The Morgan fingerprint density at radius 1 is 1.00 bits per heavy atom. The van der Waals surface area contributed by atoms with Gasteiger partial charge in [0.15, 0.2) is 5.16 Å². The summed E-state index contributed by atoms with van der Waals surface area (Å²) in [7, 11) is 0. The van der Waals surface area contributed by atoms with Crippen LogP contribution in [0.4, 0.5) is 0 Å². The Morgan fingerprint density at radius 3 is 2.46 bits per heavy atom. The van der Waals surface area contributed by atoms with Gasteiger partial charge in [-0.15, -0.1) is 10.2 Å². The van der Waals surface area contributed by atoms with E-state index in [1.807, 2.05) is 24.3 Å². The topological polar surface area (TPSA) is 39.9 Å². The van der Waals surface area contributed by atoms with Gasteiger partial charge in [0, 0.05) is 28.8 Å². The summed E-state index contributed by atoms with van der Waals surface area (Å²) in [5.41, 5.74) is 1.20. The fraction of sp³-hybridized carbons (Fsp3) is 0.300. The van der Waals surface area contributed by atoms with Gasteiger partial charge in [0.25, 0.3) is 0 Å². The van der Waals surface area contributed by atoms with Crippen molar-refractivity contribution in [1.29, 1.82) is 0 Å². The van der Waals surface area contributed by atoms with E-state index in [0.717, 1.165) is 41.1 Å². The molecule has 3 rings (SSSR count). The predicted octanol–water partition coefficient (Wildman–Crippen LogP) is 6.56. The van der Waals surface area contributed by atoms with Gasteiger partial charge in [-0.2, -0.15) is 0 Å². The van der Waals surface area contributed by atoms with Crippen molar-refractivity contribution in [3.63, 3.8) is 0 Å². The molecule has 0 saturated heterocycles. The molecule has 0 spiro atoms. The van der Waals surface area contributed by atoms with Crippen molar-refractivity contribution in [3.8, 4) is 5.75 Å². The van der Waals surface area contributed by atoms with E-state index >= 15 is 0 Å². The molecule has 0 saturated carbocycles. The first-order chi connectivity index (χ1) is 13.6. The van der Waals surface area contributed by atoms with Crippen molar-refractivity contribution >= 4 is 46.6 Å². The number of ether oxygens (including phenoxy) is 1. The van der Waals surface area contributed by atoms with Gasteiger partial charge in [0.2, 0.25) is 0 Å². The van der Waals surface area contributed by atoms with Crippen LogP contribution in [0.3, 0.4) is 0 Å². The molecule has 0 aliphatic heterocycles. The van der Waals surface area contributed by atoms with Crippen LogP contribution in [0.25, 0.3) is 0 Å². The molecule has 0 amide bonds. The van der Waals surface area contributed by atoms with E-state index in [0.29, 0.717) is 22.4 Å². The maximum atomic E-state index is 6.12. The van der Waals surface area contributed by atoms with Crippen LogP contribution < -0.4 is 4.74 Å². The lowest BCUT2D eigenvalue weighted by molar-refractivity contribution is 0.309. The van der Waals surface area contributed by atoms with Crippen LogP contribution in [0.2, 0.25) is 15.1 Å². The van der Waals surface area contributed by atoms with Crippen LogP contribution in [0.15, 0.2) is 47.6 Å². The molecule has 2 aromatic carbocycles. The zero-order chi connectivity index (χ0) is 19.9. The Kier molecular flexibility index (Phi) is 7.91.